The average molecular weight is 297 g/mol. The van der Waals surface area contributed by atoms with Gasteiger partial charge in [-0.2, -0.15) is 8.78 Å². The topological polar surface area (TPSA) is 29.1 Å². The fourth-order valence-electron chi connectivity index (χ4n) is 0.723. The minimum absolute atomic E-state index is 0.365. The molecular weight excluding hydrogens is 291 g/mol. The molecule has 1 rings (SSSR count). The summed E-state index contributed by atoms with van der Waals surface area (Å²) in [6, 6.07) is 8.13. The number of carbonyl (C=O) groups excluding carboxylic acids is 1. The lowest BCUT2D eigenvalue weighted by Gasteiger charge is -2.08. The molecule has 0 aliphatic carbocycles. The van der Waals surface area contributed by atoms with Crippen LogP contribution >= 0.6 is 22.6 Å². The van der Waals surface area contributed by atoms with Crippen molar-refractivity contribution >= 4 is 34.2 Å². The maximum absolute atomic E-state index is 12.4. The first-order chi connectivity index (χ1) is 6.00. The summed E-state index contributed by atoms with van der Waals surface area (Å²) in [6.07, 6.45) is 0. The van der Waals surface area contributed by atoms with Crippen LogP contribution in [0.4, 0.5) is 14.5 Å². The molecule has 1 aromatic rings. The standard InChI is InChI=1S/C8H6F2INO/c9-8(10,11)7(13)12-6-4-2-1-3-5-6/h1-5H,(H,12,13). The fraction of sp³-hybridized carbons (Fsp3) is 0.125. The van der Waals surface area contributed by atoms with Crippen molar-refractivity contribution in [2.75, 3.05) is 5.32 Å². The number of halogens is 3. The summed E-state index contributed by atoms with van der Waals surface area (Å²) >= 11 is 0.784. The first kappa shape index (κ1) is 10.4. The summed E-state index contributed by atoms with van der Waals surface area (Å²) < 4.78 is 21.4. The fourth-order valence-corrected chi connectivity index (χ4v) is 0.858. The number of alkyl halides is 3. The number of hydrogen-bond donors (Lipinski definition) is 1. The Bertz CT molecular complexity index is 297. The van der Waals surface area contributed by atoms with E-state index in [9.17, 15) is 13.6 Å². The van der Waals surface area contributed by atoms with E-state index in [1.807, 2.05) is 0 Å². The van der Waals surface area contributed by atoms with Gasteiger partial charge in [0.15, 0.2) is 0 Å². The van der Waals surface area contributed by atoms with E-state index in [1.54, 1.807) is 30.3 Å². The normalized spacial score (nSPS) is 11.0. The van der Waals surface area contributed by atoms with Gasteiger partial charge < -0.3 is 5.32 Å². The van der Waals surface area contributed by atoms with Crippen LogP contribution in [0.25, 0.3) is 0 Å². The second-order valence-electron chi connectivity index (χ2n) is 2.32. The molecular formula is C8H6F2INO. The van der Waals surface area contributed by atoms with Crippen molar-refractivity contribution in [2.45, 2.75) is 3.93 Å². The van der Waals surface area contributed by atoms with Crippen molar-refractivity contribution in [3.63, 3.8) is 0 Å². The summed E-state index contributed by atoms with van der Waals surface area (Å²) in [5, 5.41) is 2.09. The highest BCUT2D eigenvalue weighted by Crippen LogP contribution is 2.24. The molecule has 0 unspecified atom stereocenters. The molecule has 0 saturated carbocycles. The SMILES string of the molecule is O=C(Nc1ccccc1)C(F)(F)I. The van der Waals surface area contributed by atoms with E-state index in [0.717, 1.165) is 22.6 Å². The molecule has 1 amide bonds. The van der Waals surface area contributed by atoms with Crippen LogP contribution in [-0.2, 0) is 4.79 Å². The number of rotatable bonds is 2. The van der Waals surface area contributed by atoms with Crippen LogP contribution in [0.5, 0.6) is 0 Å². The van der Waals surface area contributed by atoms with Crippen molar-refractivity contribution in [3.05, 3.63) is 30.3 Å². The molecule has 5 heteroatoms. The molecule has 0 aromatic heterocycles. The molecule has 70 valence electrons. The highest BCUT2D eigenvalue weighted by Gasteiger charge is 2.34. The van der Waals surface area contributed by atoms with Gasteiger partial charge in [0.05, 0.1) is 0 Å². The van der Waals surface area contributed by atoms with Gasteiger partial charge in [-0.1, -0.05) is 18.2 Å². The Kier molecular flexibility index (Phi) is 3.18. The van der Waals surface area contributed by atoms with Gasteiger partial charge in [0, 0.05) is 28.3 Å². The van der Waals surface area contributed by atoms with Gasteiger partial charge >= 0.3 is 9.84 Å². The third kappa shape index (κ3) is 3.25. The molecule has 0 bridgehead atoms. The number of carbonyl (C=O) groups is 1. The number of amides is 1. The van der Waals surface area contributed by atoms with Crippen molar-refractivity contribution in [2.24, 2.45) is 0 Å². The molecule has 0 saturated heterocycles. The summed E-state index contributed by atoms with van der Waals surface area (Å²) in [6.45, 7) is 0. The molecule has 13 heavy (non-hydrogen) atoms. The number of anilines is 1. The molecule has 0 atom stereocenters. The van der Waals surface area contributed by atoms with E-state index in [2.05, 4.69) is 5.32 Å². The van der Waals surface area contributed by atoms with Crippen LogP contribution in [0.15, 0.2) is 30.3 Å². The molecule has 0 radical (unpaired) electrons. The summed E-state index contributed by atoms with van der Waals surface area (Å²) in [5.74, 6) is -1.31. The lowest BCUT2D eigenvalue weighted by Crippen LogP contribution is -2.28. The molecule has 0 aliphatic rings. The van der Waals surface area contributed by atoms with Gasteiger partial charge in [-0.05, 0) is 12.1 Å². The van der Waals surface area contributed by atoms with Gasteiger partial charge in [-0.25, -0.2) is 0 Å². The Balaban J connectivity index is 2.66. The van der Waals surface area contributed by atoms with Crippen LogP contribution in [0.2, 0.25) is 0 Å². The Morgan fingerprint density at radius 3 is 2.31 bits per heavy atom. The Labute approximate surface area is 87.5 Å². The van der Waals surface area contributed by atoms with Crippen molar-refractivity contribution in [3.8, 4) is 0 Å². The zero-order valence-corrected chi connectivity index (χ0v) is 8.59. The minimum Gasteiger partial charge on any atom is -0.320 e. The molecule has 2 nitrogen and oxygen atoms in total. The van der Waals surface area contributed by atoms with Gasteiger partial charge in [0.1, 0.15) is 0 Å². The highest BCUT2D eigenvalue weighted by atomic mass is 127. The van der Waals surface area contributed by atoms with E-state index in [4.69, 9.17) is 0 Å². The predicted molar refractivity (Wildman–Crippen MR) is 54.0 cm³/mol. The summed E-state index contributed by atoms with van der Waals surface area (Å²) in [7, 11) is 0. The van der Waals surface area contributed by atoms with Crippen molar-refractivity contribution < 1.29 is 13.6 Å². The zero-order chi connectivity index (χ0) is 9.90. The van der Waals surface area contributed by atoms with Crippen LogP contribution < -0.4 is 5.32 Å². The lowest BCUT2D eigenvalue weighted by atomic mass is 10.3. The Hall–Kier alpha value is -0.720. The average Bonchev–Trinajstić information content (AvgIpc) is 2.04. The van der Waals surface area contributed by atoms with Gasteiger partial charge in [0.2, 0.25) is 0 Å². The van der Waals surface area contributed by atoms with Gasteiger partial charge in [-0.3, -0.25) is 4.79 Å². The monoisotopic (exact) mass is 297 g/mol. The first-order valence-corrected chi connectivity index (χ1v) is 4.51. The second kappa shape index (κ2) is 3.99. The Morgan fingerprint density at radius 2 is 1.85 bits per heavy atom. The third-order valence-corrected chi connectivity index (χ3v) is 1.78. The number of nitrogens with one attached hydrogen (secondary N) is 1. The van der Waals surface area contributed by atoms with E-state index in [-0.39, 0.29) is 0 Å². The molecule has 0 aliphatic heterocycles. The molecule has 1 aromatic carbocycles. The molecule has 0 heterocycles. The lowest BCUT2D eigenvalue weighted by molar-refractivity contribution is -0.127. The molecule has 1 N–H and O–H groups in total. The number of benzene rings is 1. The van der Waals surface area contributed by atoms with Gasteiger partial charge in [-0.15, -0.1) is 0 Å². The second-order valence-corrected chi connectivity index (χ2v) is 3.67. The van der Waals surface area contributed by atoms with Crippen LogP contribution in [0.3, 0.4) is 0 Å². The van der Waals surface area contributed by atoms with E-state index >= 15 is 0 Å². The smallest absolute Gasteiger partial charge is 0.320 e. The molecule has 0 spiro atoms. The van der Waals surface area contributed by atoms with Crippen molar-refractivity contribution in [1.29, 1.82) is 0 Å². The highest BCUT2D eigenvalue weighted by molar-refractivity contribution is 14.1. The molecule has 0 fully saturated rings. The van der Waals surface area contributed by atoms with Crippen molar-refractivity contribution in [1.82, 2.24) is 0 Å². The summed E-state index contributed by atoms with van der Waals surface area (Å²) in [4.78, 5) is 10.8. The van der Waals surface area contributed by atoms with Crippen LogP contribution in [0, 0.1) is 0 Å². The maximum atomic E-state index is 12.4. The van der Waals surface area contributed by atoms with E-state index < -0.39 is 9.84 Å². The predicted octanol–water partition coefficient (Wildman–Crippen LogP) is 2.65. The first-order valence-electron chi connectivity index (χ1n) is 3.43. The number of hydrogen-bond acceptors (Lipinski definition) is 1. The van der Waals surface area contributed by atoms with Crippen LogP contribution in [-0.4, -0.2) is 9.84 Å². The Morgan fingerprint density at radius 1 is 1.31 bits per heavy atom. The summed E-state index contributed by atoms with van der Waals surface area (Å²) in [5.41, 5.74) is 0.365. The van der Waals surface area contributed by atoms with Gasteiger partial charge in [0.25, 0.3) is 0 Å². The minimum atomic E-state index is -3.37. The van der Waals surface area contributed by atoms with E-state index in [1.165, 1.54) is 0 Å². The van der Waals surface area contributed by atoms with E-state index in [0.29, 0.717) is 5.69 Å². The zero-order valence-electron chi connectivity index (χ0n) is 6.43. The largest absolute Gasteiger partial charge is 0.372 e. The number of para-hydroxylation sites is 1. The quantitative estimate of drug-likeness (QED) is 0.660. The third-order valence-electron chi connectivity index (χ3n) is 1.29. The maximum Gasteiger partial charge on any atom is 0.372 e. The van der Waals surface area contributed by atoms with Crippen LogP contribution in [0.1, 0.15) is 0 Å².